The molecule has 0 bridgehead atoms. The van der Waals surface area contributed by atoms with Gasteiger partial charge in [0.2, 0.25) is 11.5 Å². The van der Waals surface area contributed by atoms with Crippen molar-refractivity contribution in [3.8, 4) is 5.88 Å². The van der Waals surface area contributed by atoms with Gasteiger partial charge in [-0.05, 0) is 19.9 Å². The number of nitrogens with one attached hydrogen (secondary N) is 3. The minimum absolute atomic E-state index is 0.247. The molecule has 5 N–H and O–H groups in total. The van der Waals surface area contributed by atoms with Gasteiger partial charge in [0.15, 0.2) is 5.82 Å². The first kappa shape index (κ1) is 19.2. The molecule has 0 saturated heterocycles. The molecule has 2 aromatic heterocycles. The second-order valence-electron chi connectivity index (χ2n) is 6.00. The molecule has 12 heteroatoms. The van der Waals surface area contributed by atoms with Crippen LogP contribution < -0.4 is 21.1 Å². The Bertz CT molecular complexity index is 926. The highest BCUT2D eigenvalue weighted by molar-refractivity contribution is 5.36. The van der Waals surface area contributed by atoms with E-state index in [4.69, 9.17) is 10.5 Å². The topological polar surface area (TPSA) is 157 Å². The van der Waals surface area contributed by atoms with E-state index in [1.807, 2.05) is 0 Å². The third kappa shape index (κ3) is 3.76. The van der Waals surface area contributed by atoms with E-state index in [1.165, 1.54) is 18.2 Å². The second kappa shape index (κ2) is 7.60. The van der Waals surface area contributed by atoms with Gasteiger partial charge in [-0.2, -0.15) is 0 Å². The van der Waals surface area contributed by atoms with E-state index in [9.17, 15) is 14.5 Å². The zero-order chi connectivity index (χ0) is 20.3. The normalized spacial score (nSPS) is 19.9. The summed E-state index contributed by atoms with van der Waals surface area (Å²) < 4.78 is 18.3. The van der Waals surface area contributed by atoms with Crippen LogP contribution in [0.2, 0.25) is 0 Å². The van der Waals surface area contributed by atoms with Gasteiger partial charge in [0.1, 0.15) is 11.6 Å². The maximum atomic E-state index is 13.0. The number of H-pyrrole nitrogens is 1. The van der Waals surface area contributed by atoms with E-state index in [0.29, 0.717) is 18.3 Å². The number of aromatic amines is 1. The van der Waals surface area contributed by atoms with E-state index in [1.54, 1.807) is 13.8 Å². The number of rotatable bonds is 7. The Morgan fingerprint density at radius 3 is 2.79 bits per heavy atom. The molecule has 1 aliphatic rings. The Hall–Kier alpha value is -3.54. The van der Waals surface area contributed by atoms with Crippen LogP contribution in [-0.4, -0.2) is 31.7 Å². The van der Waals surface area contributed by atoms with Crippen molar-refractivity contribution in [2.75, 3.05) is 6.61 Å². The van der Waals surface area contributed by atoms with E-state index in [2.05, 4.69) is 30.8 Å². The molecule has 2 atom stereocenters. The van der Waals surface area contributed by atoms with Gasteiger partial charge < -0.3 is 15.4 Å². The van der Waals surface area contributed by atoms with Crippen LogP contribution in [0, 0.1) is 15.9 Å². The molecule has 3 rings (SSSR count). The minimum Gasteiger partial charge on any atom is -0.477 e. The van der Waals surface area contributed by atoms with Gasteiger partial charge in [-0.15, -0.1) is 5.10 Å². The highest BCUT2D eigenvalue weighted by Gasteiger charge is 2.45. The number of nitro groups is 1. The lowest BCUT2D eigenvalue weighted by molar-refractivity contribution is -0.437. The van der Waals surface area contributed by atoms with Crippen LogP contribution in [0.25, 0.3) is 0 Å². The van der Waals surface area contributed by atoms with Gasteiger partial charge >= 0.3 is 0 Å². The molecule has 0 aliphatic carbocycles. The molecule has 148 valence electrons. The summed E-state index contributed by atoms with van der Waals surface area (Å²) in [6, 6.07) is 1.07. The average Bonchev–Trinajstić information content (AvgIpc) is 3.12. The predicted molar refractivity (Wildman–Crippen MR) is 95.5 cm³/mol. The molecule has 0 aromatic carbocycles. The minimum atomic E-state index is -1.69. The number of allylic oxidation sites excluding steroid dienone is 2. The van der Waals surface area contributed by atoms with Gasteiger partial charge in [0.05, 0.1) is 35.7 Å². The molecular weight excluding hydrogens is 371 g/mol. The lowest BCUT2D eigenvalue weighted by Gasteiger charge is -2.32. The fourth-order valence-electron chi connectivity index (χ4n) is 2.68. The molecule has 0 fully saturated rings. The number of hydrogen-bond acceptors (Lipinski definition) is 9. The standard InChI is InChI=1S/C16H19FN8O3/c1-3-28-14-6-11(23-24-14)16(18)12(25(26)27)4-5-13(22-16)21-9(2)15-19-7-10(17)8-20-15/h4-9,21-22H,3,18H2,1-2H3,(H,23,24)/t9-,16?/m0/s1. The molecule has 0 saturated carbocycles. The van der Waals surface area contributed by atoms with Crippen LogP contribution in [0.4, 0.5) is 4.39 Å². The van der Waals surface area contributed by atoms with Crippen molar-refractivity contribution in [2.24, 2.45) is 5.73 Å². The highest BCUT2D eigenvalue weighted by Crippen LogP contribution is 2.29. The maximum absolute atomic E-state index is 13.0. The smallest absolute Gasteiger partial charge is 0.292 e. The summed E-state index contributed by atoms with van der Waals surface area (Å²) in [5.41, 5.74) is 4.63. The first-order chi connectivity index (χ1) is 13.3. The van der Waals surface area contributed by atoms with Gasteiger partial charge in [-0.1, -0.05) is 0 Å². The SMILES string of the molecule is CCOc1cc(C2(N)NC(N[C@@H](C)c3ncc(F)cn3)=CC=C2[N+](=O)[O-])[nH]n1. The summed E-state index contributed by atoms with van der Waals surface area (Å²) in [6.45, 7) is 3.93. The second-order valence-corrected chi connectivity index (χ2v) is 6.00. The summed E-state index contributed by atoms with van der Waals surface area (Å²) >= 11 is 0. The van der Waals surface area contributed by atoms with E-state index in [-0.39, 0.29) is 17.3 Å². The van der Waals surface area contributed by atoms with Gasteiger partial charge in [-0.3, -0.25) is 20.9 Å². The Balaban J connectivity index is 1.86. The molecule has 11 nitrogen and oxygen atoms in total. The summed E-state index contributed by atoms with van der Waals surface area (Å²) in [4.78, 5) is 18.8. The summed E-state index contributed by atoms with van der Waals surface area (Å²) in [5, 5.41) is 24.1. The van der Waals surface area contributed by atoms with Crippen molar-refractivity contribution in [2.45, 2.75) is 25.6 Å². The highest BCUT2D eigenvalue weighted by atomic mass is 19.1. The number of aromatic nitrogens is 4. The number of dihydropyridines is 1. The molecule has 0 spiro atoms. The summed E-state index contributed by atoms with van der Waals surface area (Å²) in [7, 11) is 0. The lowest BCUT2D eigenvalue weighted by atomic mass is 10.00. The fourth-order valence-corrected chi connectivity index (χ4v) is 2.68. The first-order valence-electron chi connectivity index (χ1n) is 8.40. The number of nitrogens with two attached hydrogens (primary N) is 1. The summed E-state index contributed by atoms with van der Waals surface area (Å²) in [6.07, 6.45) is 4.88. The van der Waals surface area contributed by atoms with Crippen LogP contribution in [0.1, 0.15) is 31.4 Å². The van der Waals surface area contributed by atoms with E-state index < -0.39 is 22.4 Å². The van der Waals surface area contributed by atoms with Crippen LogP contribution in [0.5, 0.6) is 5.88 Å². The molecule has 3 heterocycles. The molecule has 0 radical (unpaired) electrons. The molecule has 2 aromatic rings. The van der Waals surface area contributed by atoms with Crippen molar-refractivity contribution in [1.82, 2.24) is 30.8 Å². The number of nitrogens with zero attached hydrogens (tertiary/aromatic N) is 4. The van der Waals surface area contributed by atoms with Crippen molar-refractivity contribution < 1.29 is 14.1 Å². The molecular formula is C16H19FN8O3. The maximum Gasteiger partial charge on any atom is 0.292 e. The fraction of sp³-hybridized carbons (Fsp3) is 0.312. The average molecular weight is 390 g/mol. The van der Waals surface area contributed by atoms with Crippen molar-refractivity contribution in [1.29, 1.82) is 0 Å². The molecule has 1 aliphatic heterocycles. The zero-order valence-electron chi connectivity index (χ0n) is 15.1. The van der Waals surface area contributed by atoms with E-state index >= 15 is 0 Å². The third-order valence-corrected chi connectivity index (χ3v) is 4.01. The third-order valence-electron chi connectivity index (χ3n) is 4.01. The van der Waals surface area contributed by atoms with Crippen LogP contribution in [0.15, 0.2) is 42.1 Å². The van der Waals surface area contributed by atoms with Crippen LogP contribution in [0.3, 0.4) is 0 Å². The number of hydrogen-bond donors (Lipinski definition) is 4. The van der Waals surface area contributed by atoms with Gasteiger partial charge in [0.25, 0.3) is 5.70 Å². The first-order valence-corrected chi connectivity index (χ1v) is 8.40. The Morgan fingerprint density at radius 2 is 2.14 bits per heavy atom. The Labute approximate surface area is 159 Å². The van der Waals surface area contributed by atoms with Crippen molar-refractivity contribution in [3.05, 3.63) is 69.6 Å². The molecule has 1 unspecified atom stereocenters. The van der Waals surface area contributed by atoms with Crippen LogP contribution in [-0.2, 0) is 5.66 Å². The number of ether oxygens (including phenoxy) is 1. The number of halogens is 1. The quantitative estimate of drug-likeness (QED) is 0.396. The monoisotopic (exact) mass is 390 g/mol. The zero-order valence-corrected chi connectivity index (χ0v) is 15.1. The summed E-state index contributed by atoms with van der Waals surface area (Å²) in [5.74, 6) is 0.454. The Morgan fingerprint density at radius 1 is 1.43 bits per heavy atom. The van der Waals surface area contributed by atoms with Crippen LogP contribution >= 0.6 is 0 Å². The van der Waals surface area contributed by atoms with Gasteiger partial charge in [-0.25, -0.2) is 14.4 Å². The molecule has 0 amide bonds. The lowest BCUT2D eigenvalue weighted by Crippen LogP contribution is -2.56. The van der Waals surface area contributed by atoms with Crippen molar-refractivity contribution in [3.63, 3.8) is 0 Å². The molecule has 28 heavy (non-hydrogen) atoms. The Kier molecular flexibility index (Phi) is 5.22. The largest absolute Gasteiger partial charge is 0.477 e. The predicted octanol–water partition coefficient (Wildman–Crippen LogP) is 0.805. The van der Waals surface area contributed by atoms with Crippen molar-refractivity contribution >= 4 is 0 Å². The van der Waals surface area contributed by atoms with E-state index in [0.717, 1.165) is 12.4 Å². The van der Waals surface area contributed by atoms with Gasteiger partial charge in [0, 0.05) is 12.1 Å².